The molecular formula is C8H12Br2N4OS. The van der Waals surface area contributed by atoms with Gasteiger partial charge in [0.15, 0.2) is 0 Å². The third kappa shape index (κ3) is 6.39. The molecule has 0 unspecified atom stereocenters. The van der Waals surface area contributed by atoms with Gasteiger partial charge in [-0.05, 0) is 19.3 Å². The zero-order chi connectivity index (χ0) is 11.8. The van der Waals surface area contributed by atoms with Crippen molar-refractivity contribution >= 4 is 54.4 Å². The van der Waals surface area contributed by atoms with Gasteiger partial charge in [-0.3, -0.25) is 5.32 Å². The molecule has 0 fully saturated rings. The van der Waals surface area contributed by atoms with Crippen LogP contribution >= 0.6 is 43.4 Å². The highest BCUT2D eigenvalue weighted by Crippen LogP contribution is 2.15. The van der Waals surface area contributed by atoms with E-state index in [2.05, 4.69) is 52.1 Å². The SMILES string of the molecule is O=C(NCCCCC(Br)Br)Nc1cnns1. The van der Waals surface area contributed by atoms with Crippen LogP contribution in [0.25, 0.3) is 0 Å². The van der Waals surface area contributed by atoms with Gasteiger partial charge in [0.2, 0.25) is 0 Å². The third-order valence-electron chi connectivity index (χ3n) is 1.73. The average Bonchev–Trinajstić information content (AvgIpc) is 2.69. The van der Waals surface area contributed by atoms with E-state index in [1.807, 2.05) is 0 Å². The fourth-order valence-electron chi connectivity index (χ4n) is 1.00. The van der Waals surface area contributed by atoms with E-state index >= 15 is 0 Å². The summed E-state index contributed by atoms with van der Waals surface area (Å²) >= 11 is 7.95. The maximum Gasteiger partial charge on any atom is 0.319 e. The molecule has 1 rings (SSSR count). The number of halogens is 2. The Balaban J connectivity index is 2.03. The summed E-state index contributed by atoms with van der Waals surface area (Å²) in [6.07, 6.45) is 4.58. The summed E-state index contributed by atoms with van der Waals surface area (Å²) in [6.45, 7) is 0.671. The lowest BCUT2D eigenvalue weighted by Gasteiger charge is -2.05. The van der Waals surface area contributed by atoms with E-state index in [-0.39, 0.29) is 6.03 Å². The predicted octanol–water partition coefficient (Wildman–Crippen LogP) is 2.95. The van der Waals surface area contributed by atoms with Crippen molar-refractivity contribution in [3.63, 3.8) is 0 Å². The predicted molar refractivity (Wildman–Crippen MR) is 72.4 cm³/mol. The number of nitrogens with one attached hydrogen (secondary N) is 2. The van der Waals surface area contributed by atoms with E-state index in [9.17, 15) is 4.79 Å². The van der Waals surface area contributed by atoms with Crippen molar-refractivity contribution in [1.82, 2.24) is 14.9 Å². The molecule has 2 N–H and O–H groups in total. The maximum atomic E-state index is 11.3. The van der Waals surface area contributed by atoms with E-state index in [1.54, 1.807) is 0 Å². The van der Waals surface area contributed by atoms with Crippen molar-refractivity contribution in [3.8, 4) is 0 Å². The number of anilines is 1. The minimum atomic E-state index is -0.208. The Labute approximate surface area is 115 Å². The number of unbranched alkanes of at least 4 members (excludes halogenated alkanes) is 1. The van der Waals surface area contributed by atoms with E-state index in [0.29, 0.717) is 15.3 Å². The maximum absolute atomic E-state index is 11.3. The minimum Gasteiger partial charge on any atom is -0.338 e. The zero-order valence-corrected chi connectivity index (χ0v) is 12.4. The van der Waals surface area contributed by atoms with Gasteiger partial charge >= 0.3 is 6.03 Å². The van der Waals surface area contributed by atoms with Crippen LogP contribution in [0.15, 0.2) is 6.20 Å². The van der Waals surface area contributed by atoms with Crippen molar-refractivity contribution in [2.75, 3.05) is 11.9 Å². The second-order valence-corrected chi connectivity index (χ2v) is 7.27. The summed E-state index contributed by atoms with van der Waals surface area (Å²) in [5, 5.41) is 9.68. The molecule has 0 aliphatic heterocycles. The van der Waals surface area contributed by atoms with Crippen LogP contribution in [0.2, 0.25) is 0 Å². The molecule has 0 aliphatic carbocycles. The van der Waals surface area contributed by atoms with Gasteiger partial charge in [-0.25, -0.2) is 4.79 Å². The summed E-state index contributed by atoms with van der Waals surface area (Å²) in [5.41, 5.74) is 0. The second kappa shape index (κ2) is 7.97. The fourth-order valence-corrected chi connectivity index (χ4v) is 2.07. The number of urea groups is 1. The van der Waals surface area contributed by atoms with Gasteiger partial charge in [0.25, 0.3) is 0 Å². The summed E-state index contributed by atoms with van der Waals surface area (Å²) in [5.74, 6) is 0. The Morgan fingerprint density at radius 1 is 1.50 bits per heavy atom. The van der Waals surface area contributed by atoms with Crippen LogP contribution in [-0.2, 0) is 0 Å². The van der Waals surface area contributed by atoms with Crippen molar-refractivity contribution < 1.29 is 4.79 Å². The number of aromatic nitrogens is 2. The molecule has 0 aliphatic rings. The number of carbonyl (C=O) groups excluding carboxylic acids is 1. The number of carbonyl (C=O) groups is 1. The summed E-state index contributed by atoms with van der Waals surface area (Å²) in [6, 6.07) is -0.208. The summed E-state index contributed by atoms with van der Waals surface area (Å²) < 4.78 is 4.00. The summed E-state index contributed by atoms with van der Waals surface area (Å²) in [7, 11) is 0. The van der Waals surface area contributed by atoms with Crippen LogP contribution in [0.3, 0.4) is 0 Å². The minimum absolute atomic E-state index is 0.208. The first-order valence-electron chi connectivity index (χ1n) is 4.79. The highest BCUT2D eigenvalue weighted by atomic mass is 79.9. The van der Waals surface area contributed by atoms with Crippen LogP contribution in [0.1, 0.15) is 19.3 Å². The number of nitrogens with zero attached hydrogens (tertiary/aromatic N) is 2. The van der Waals surface area contributed by atoms with E-state index in [0.717, 1.165) is 30.8 Å². The van der Waals surface area contributed by atoms with Gasteiger partial charge in [-0.1, -0.05) is 36.3 Å². The van der Waals surface area contributed by atoms with Crippen molar-refractivity contribution in [2.24, 2.45) is 0 Å². The lowest BCUT2D eigenvalue weighted by atomic mass is 10.2. The topological polar surface area (TPSA) is 66.9 Å². The third-order valence-corrected chi connectivity index (χ3v) is 3.23. The van der Waals surface area contributed by atoms with Gasteiger partial charge in [0.1, 0.15) is 5.00 Å². The molecule has 0 saturated heterocycles. The molecule has 5 nitrogen and oxygen atoms in total. The first-order valence-corrected chi connectivity index (χ1v) is 7.39. The van der Waals surface area contributed by atoms with Crippen LogP contribution in [0, 0.1) is 0 Å². The van der Waals surface area contributed by atoms with E-state index in [1.165, 1.54) is 6.20 Å². The monoisotopic (exact) mass is 370 g/mol. The highest BCUT2D eigenvalue weighted by molar-refractivity contribution is 9.24. The van der Waals surface area contributed by atoms with Crippen LogP contribution in [0.4, 0.5) is 9.80 Å². The Kier molecular flexibility index (Phi) is 6.90. The van der Waals surface area contributed by atoms with Crippen molar-refractivity contribution in [3.05, 3.63) is 6.20 Å². The largest absolute Gasteiger partial charge is 0.338 e. The van der Waals surface area contributed by atoms with Gasteiger partial charge in [-0.2, -0.15) is 0 Å². The molecule has 0 radical (unpaired) electrons. The molecule has 8 heteroatoms. The Morgan fingerprint density at radius 3 is 2.94 bits per heavy atom. The van der Waals surface area contributed by atoms with Crippen LogP contribution < -0.4 is 10.6 Å². The lowest BCUT2D eigenvalue weighted by Crippen LogP contribution is -2.29. The molecule has 1 heterocycles. The smallest absolute Gasteiger partial charge is 0.319 e. The van der Waals surface area contributed by atoms with Gasteiger partial charge < -0.3 is 5.32 Å². The Morgan fingerprint density at radius 2 is 2.31 bits per heavy atom. The molecule has 90 valence electrons. The van der Waals surface area contributed by atoms with Crippen molar-refractivity contribution in [1.29, 1.82) is 0 Å². The molecule has 16 heavy (non-hydrogen) atoms. The average molecular weight is 372 g/mol. The zero-order valence-electron chi connectivity index (χ0n) is 8.45. The van der Waals surface area contributed by atoms with Gasteiger partial charge in [0.05, 0.1) is 9.93 Å². The molecule has 0 bridgehead atoms. The first-order chi connectivity index (χ1) is 7.68. The van der Waals surface area contributed by atoms with Gasteiger partial charge in [-0.15, -0.1) is 5.10 Å². The molecular weight excluding hydrogens is 360 g/mol. The first kappa shape index (κ1) is 13.9. The van der Waals surface area contributed by atoms with Crippen LogP contribution in [0.5, 0.6) is 0 Å². The van der Waals surface area contributed by atoms with E-state index < -0.39 is 0 Å². The number of hydrogen-bond donors (Lipinski definition) is 2. The highest BCUT2D eigenvalue weighted by Gasteiger charge is 2.02. The molecule has 0 aromatic carbocycles. The molecule has 1 aromatic rings. The van der Waals surface area contributed by atoms with Gasteiger partial charge in [0, 0.05) is 18.1 Å². The number of amides is 2. The fraction of sp³-hybridized carbons (Fsp3) is 0.625. The summed E-state index contributed by atoms with van der Waals surface area (Å²) in [4.78, 5) is 11.3. The molecule has 0 atom stereocenters. The second-order valence-electron chi connectivity index (χ2n) is 3.05. The Bertz CT molecular complexity index is 307. The molecule has 2 amide bonds. The normalized spacial score (nSPS) is 10.4. The quantitative estimate of drug-likeness (QED) is 0.596. The van der Waals surface area contributed by atoms with Crippen molar-refractivity contribution in [2.45, 2.75) is 23.0 Å². The molecule has 0 saturated carbocycles. The lowest BCUT2D eigenvalue weighted by molar-refractivity contribution is 0.252. The van der Waals surface area contributed by atoms with Crippen LogP contribution in [-0.4, -0.2) is 25.9 Å². The Hall–Kier alpha value is -0.210. The standard InChI is InChI=1S/C8H12Br2N4OS/c9-6(10)3-1-2-4-11-8(15)13-7-5-12-14-16-7/h5-6H,1-4H2,(H2,11,13,15). The number of alkyl halides is 2. The van der Waals surface area contributed by atoms with E-state index in [4.69, 9.17) is 0 Å². The molecule has 1 aromatic heterocycles. The number of hydrogen-bond acceptors (Lipinski definition) is 4. The molecule has 0 spiro atoms. The number of rotatable bonds is 6.